The average Bonchev–Trinajstić information content (AvgIpc) is 2.34. The smallest absolute Gasteiger partial charge is 0.159 e. The van der Waals surface area contributed by atoms with Crippen molar-refractivity contribution in [2.75, 3.05) is 5.32 Å². The van der Waals surface area contributed by atoms with Crippen molar-refractivity contribution in [3.63, 3.8) is 0 Å². The normalized spacial score (nSPS) is 10.2. The van der Waals surface area contributed by atoms with Crippen molar-refractivity contribution in [2.45, 2.75) is 13.8 Å². The Bertz CT molecular complexity index is 579. The molecule has 1 aromatic carbocycles. The zero-order valence-electron chi connectivity index (χ0n) is 10.2. The van der Waals surface area contributed by atoms with Gasteiger partial charge in [0.1, 0.15) is 5.82 Å². The Balaban J connectivity index is 2.18. The number of carbonyl (C=O) groups excluding carboxylic acids is 1. The summed E-state index contributed by atoms with van der Waals surface area (Å²) in [6.45, 7) is 3.57. The number of nitrogens with zero attached hydrogens (tertiary/aromatic N) is 1. The summed E-state index contributed by atoms with van der Waals surface area (Å²) in [5, 5.41) is 3.19. The van der Waals surface area contributed by atoms with Crippen LogP contribution in [0, 0.1) is 6.92 Å². The maximum Gasteiger partial charge on any atom is 0.159 e. The van der Waals surface area contributed by atoms with Crippen molar-refractivity contribution in [1.29, 1.82) is 0 Å². The van der Waals surface area contributed by atoms with Gasteiger partial charge in [0.25, 0.3) is 0 Å². The van der Waals surface area contributed by atoms with E-state index in [1.54, 1.807) is 25.3 Å². The van der Waals surface area contributed by atoms with Crippen LogP contribution in [0.25, 0.3) is 0 Å². The van der Waals surface area contributed by atoms with Crippen LogP contribution >= 0.6 is 15.9 Å². The zero-order valence-corrected chi connectivity index (χ0v) is 11.8. The number of benzene rings is 1. The summed E-state index contributed by atoms with van der Waals surface area (Å²) in [5.74, 6) is 0.852. The van der Waals surface area contributed by atoms with E-state index in [0.717, 1.165) is 21.5 Å². The Morgan fingerprint density at radius 1 is 1.28 bits per heavy atom. The molecule has 2 rings (SSSR count). The number of pyridine rings is 1. The number of aryl methyl sites for hydroxylation is 1. The summed E-state index contributed by atoms with van der Waals surface area (Å²) in [5.41, 5.74) is 2.74. The van der Waals surface area contributed by atoms with Crippen molar-refractivity contribution in [2.24, 2.45) is 0 Å². The lowest BCUT2D eigenvalue weighted by Gasteiger charge is -2.07. The molecule has 4 heteroatoms. The van der Waals surface area contributed by atoms with Crippen molar-refractivity contribution in [1.82, 2.24) is 4.98 Å². The van der Waals surface area contributed by atoms with Gasteiger partial charge in [0, 0.05) is 21.9 Å². The Morgan fingerprint density at radius 3 is 2.50 bits per heavy atom. The van der Waals surface area contributed by atoms with E-state index in [-0.39, 0.29) is 5.78 Å². The molecule has 0 atom stereocenters. The number of ketones is 1. The Morgan fingerprint density at radius 2 is 1.94 bits per heavy atom. The number of rotatable bonds is 3. The number of halogens is 1. The summed E-state index contributed by atoms with van der Waals surface area (Å²) in [7, 11) is 0. The minimum absolute atomic E-state index is 0.0687. The maximum atomic E-state index is 11.2. The molecular formula is C14H13BrN2O. The molecule has 0 aliphatic rings. The first kappa shape index (κ1) is 12.8. The van der Waals surface area contributed by atoms with Crippen LogP contribution in [0.15, 0.2) is 41.0 Å². The second-order valence-electron chi connectivity index (χ2n) is 4.08. The molecule has 0 unspecified atom stereocenters. The van der Waals surface area contributed by atoms with Crippen LogP contribution < -0.4 is 5.32 Å². The van der Waals surface area contributed by atoms with E-state index >= 15 is 0 Å². The SMILES string of the molecule is CC(=O)c1ccc(Nc2cc(C)c(Br)cn2)cc1. The van der Waals surface area contributed by atoms with E-state index in [1.165, 1.54) is 0 Å². The molecule has 0 saturated carbocycles. The van der Waals surface area contributed by atoms with Gasteiger partial charge >= 0.3 is 0 Å². The number of aromatic nitrogens is 1. The highest BCUT2D eigenvalue weighted by Crippen LogP contribution is 2.20. The van der Waals surface area contributed by atoms with Gasteiger partial charge in [-0.15, -0.1) is 0 Å². The standard InChI is InChI=1S/C14H13BrN2O/c1-9-7-14(16-8-13(9)15)17-12-5-3-11(4-6-12)10(2)18/h3-8H,1-2H3,(H,16,17). The van der Waals surface area contributed by atoms with Gasteiger partial charge in [-0.05, 0) is 65.7 Å². The molecule has 92 valence electrons. The average molecular weight is 305 g/mol. The fourth-order valence-corrected chi connectivity index (χ4v) is 1.76. The number of anilines is 2. The van der Waals surface area contributed by atoms with Gasteiger partial charge in [-0.2, -0.15) is 0 Å². The third-order valence-corrected chi connectivity index (χ3v) is 3.44. The van der Waals surface area contributed by atoms with Crippen LogP contribution in [-0.2, 0) is 0 Å². The van der Waals surface area contributed by atoms with Gasteiger partial charge in [-0.25, -0.2) is 4.98 Å². The molecule has 1 aromatic heterocycles. The summed E-state index contributed by atoms with van der Waals surface area (Å²) in [6, 6.07) is 9.31. The molecule has 2 aromatic rings. The molecule has 18 heavy (non-hydrogen) atoms. The highest BCUT2D eigenvalue weighted by Gasteiger charge is 2.01. The molecule has 0 spiro atoms. The molecule has 3 nitrogen and oxygen atoms in total. The van der Waals surface area contributed by atoms with E-state index in [1.807, 2.05) is 25.1 Å². The van der Waals surface area contributed by atoms with Crippen LogP contribution in [0.2, 0.25) is 0 Å². The first-order valence-electron chi connectivity index (χ1n) is 5.56. The lowest BCUT2D eigenvalue weighted by Crippen LogP contribution is -1.96. The summed E-state index contributed by atoms with van der Waals surface area (Å²) in [6.07, 6.45) is 1.77. The topological polar surface area (TPSA) is 42.0 Å². The number of hydrogen-bond acceptors (Lipinski definition) is 3. The van der Waals surface area contributed by atoms with Crippen LogP contribution in [0.1, 0.15) is 22.8 Å². The maximum absolute atomic E-state index is 11.2. The van der Waals surface area contributed by atoms with E-state index < -0.39 is 0 Å². The lowest BCUT2D eigenvalue weighted by molar-refractivity contribution is 0.101. The Labute approximate surface area is 114 Å². The van der Waals surface area contributed by atoms with E-state index in [9.17, 15) is 4.79 Å². The molecule has 0 bridgehead atoms. The molecule has 0 amide bonds. The molecule has 1 heterocycles. The van der Waals surface area contributed by atoms with Crippen molar-refractivity contribution in [3.05, 3.63) is 52.1 Å². The van der Waals surface area contributed by atoms with Crippen LogP contribution in [-0.4, -0.2) is 10.8 Å². The summed E-state index contributed by atoms with van der Waals surface area (Å²) >= 11 is 3.41. The summed E-state index contributed by atoms with van der Waals surface area (Å²) < 4.78 is 0.986. The fraction of sp³-hybridized carbons (Fsp3) is 0.143. The zero-order chi connectivity index (χ0) is 13.1. The Hall–Kier alpha value is -1.68. The van der Waals surface area contributed by atoms with E-state index in [0.29, 0.717) is 5.56 Å². The first-order chi connectivity index (χ1) is 8.56. The van der Waals surface area contributed by atoms with E-state index in [2.05, 4.69) is 26.2 Å². The predicted molar refractivity (Wildman–Crippen MR) is 76.4 cm³/mol. The van der Waals surface area contributed by atoms with Gasteiger partial charge < -0.3 is 5.32 Å². The largest absolute Gasteiger partial charge is 0.340 e. The number of carbonyl (C=O) groups is 1. The number of Topliss-reactive ketones (excluding diaryl/α,β-unsaturated/α-hetero) is 1. The van der Waals surface area contributed by atoms with Crippen molar-refractivity contribution < 1.29 is 4.79 Å². The van der Waals surface area contributed by atoms with Crippen LogP contribution in [0.4, 0.5) is 11.5 Å². The van der Waals surface area contributed by atoms with Gasteiger partial charge in [-0.3, -0.25) is 4.79 Å². The molecular weight excluding hydrogens is 292 g/mol. The first-order valence-corrected chi connectivity index (χ1v) is 6.36. The minimum atomic E-state index is 0.0687. The quantitative estimate of drug-likeness (QED) is 0.868. The monoisotopic (exact) mass is 304 g/mol. The van der Waals surface area contributed by atoms with Gasteiger partial charge in [0.15, 0.2) is 5.78 Å². The lowest BCUT2D eigenvalue weighted by atomic mass is 10.1. The molecule has 0 radical (unpaired) electrons. The third kappa shape index (κ3) is 2.96. The second-order valence-corrected chi connectivity index (χ2v) is 4.93. The molecule has 0 saturated heterocycles. The molecule has 0 fully saturated rings. The fourth-order valence-electron chi connectivity index (χ4n) is 1.54. The van der Waals surface area contributed by atoms with Crippen LogP contribution in [0.3, 0.4) is 0 Å². The highest BCUT2D eigenvalue weighted by molar-refractivity contribution is 9.10. The van der Waals surface area contributed by atoms with Gasteiger partial charge in [-0.1, -0.05) is 0 Å². The number of nitrogens with one attached hydrogen (secondary N) is 1. The minimum Gasteiger partial charge on any atom is -0.340 e. The van der Waals surface area contributed by atoms with Gasteiger partial charge in [0.05, 0.1) is 0 Å². The van der Waals surface area contributed by atoms with Crippen LogP contribution in [0.5, 0.6) is 0 Å². The van der Waals surface area contributed by atoms with Crippen molar-refractivity contribution >= 4 is 33.2 Å². The van der Waals surface area contributed by atoms with Gasteiger partial charge in [0.2, 0.25) is 0 Å². The Kier molecular flexibility index (Phi) is 3.77. The highest BCUT2D eigenvalue weighted by atomic mass is 79.9. The predicted octanol–water partition coefficient (Wildman–Crippen LogP) is 4.10. The second kappa shape index (κ2) is 5.31. The van der Waals surface area contributed by atoms with Crippen molar-refractivity contribution in [3.8, 4) is 0 Å². The third-order valence-electron chi connectivity index (χ3n) is 2.61. The molecule has 1 N–H and O–H groups in total. The van der Waals surface area contributed by atoms with E-state index in [4.69, 9.17) is 0 Å². The summed E-state index contributed by atoms with van der Waals surface area (Å²) in [4.78, 5) is 15.4. The number of hydrogen-bond donors (Lipinski definition) is 1. The molecule has 0 aliphatic heterocycles. The molecule has 0 aliphatic carbocycles.